The van der Waals surface area contributed by atoms with Crippen LogP contribution in [0.2, 0.25) is 0 Å². The van der Waals surface area contributed by atoms with Gasteiger partial charge in [-0.05, 0) is 43.7 Å². The summed E-state index contributed by atoms with van der Waals surface area (Å²) in [5.74, 6) is 0.552. The van der Waals surface area contributed by atoms with Crippen LogP contribution >= 0.6 is 11.8 Å². The first-order valence-electron chi connectivity index (χ1n) is 6.91. The fraction of sp³-hybridized carbons (Fsp3) is 0.400. The van der Waals surface area contributed by atoms with Crippen molar-refractivity contribution in [3.8, 4) is 6.01 Å². The van der Waals surface area contributed by atoms with Gasteiger partial charge < -0.3 is 10.1 Å². The predicted octanol–water partition coefficient (Wildman–Crippen LogP) is 3.47. The lowest BCUT2D eigenvalue weighted by Crippen LogP contribution is -2.07. The minimum absolute atomic E-state index is 0.330. The third-order valence-corrected chi connectivity index (χ3v) is 3.88. The summed E-state index contributed by atoms with van der Waals surface area (Å²) in [6.45, 7) is 7.09. The van der Waals surface area contributed by atoms with E-state index in [1.54, 1.807) is 7.11 Å². The van der Waals surface area contributed by atoms with E-state index in [0.29, 0.717) is 17.1 Å². The number of methoxy groups -OCH3 is 1. The van der Waals surface area contributed by atoms with Crippen LogP contribution in [0.1, 0.15) is 24.5 Å². The van der Waals surface area contributed by atoms with Crippen molar-refractivity contribution in [3.63, 3.8) is 0 Å². The second kappa shape index (κ2) is 7.26. The van der Waals surface area contributed by atoms with Crippen molar-refractivity contribution < 1.29 is 4.74 Å². The van der Waals surface area contributed by atoms with Crippen molar-refractivity contribution in [2.24, 2.45) is 0 Å². The number of hydrogen-bond donors (Lipinski definition) is 1. The highest BCUT2D eigenvalue weighted by atomic mass is 32.2. The highest BCUT2D eigenvalue weighted by Crippen LogP contribution is 2.29. The van der Waals surface area contributed by atoms with Crippen molar-refractivity contribution in [1.82, 2.24) is 15.0 Å². The van der Waals surface area contributed by atoms with E-state index >= 15 is 0 Å². The molecule has 1 aromatic heterocycles. The molecular weight excluding hydrogens is 284 g/mol. The molecule has 2 rings (SSSR count). The third kappa shape index (κ3) is 4.32. The molecule has 0 amide bonds. The van der Waals surface area contributed by atoms with E-state index in [1.165, 1.54) is 22.9 Å². The summed E-state index contributed by atoms with van der Waals surface area (Å²) in [6, 6.07) is 6.65. The van der Waals surface area contributed by atoms with E-state index in [0.717, 1.165) is 17.9 Å². The molecule has 0 aliphatic heterocycles. The standard InChI is InChI=1S/C15H20N4OS/c1-5-8-16-13-17-14(20-4)19-15(18-13)21-12-7-6-10(2)9-11(12)3/h6-7,9H,5,8H2,1-4H3,(H,16,17,18,19). The van der Waals surface area contributed by atoms with Crippen molar-refractivity contribution in [3.05, 3.63) is 29.3 Å². The molecule has 0 atom stereocenters. The molecule has 6 heteroatoms. The summed E-state index contributed by atoms with van der Waals surface area (Å²) in [4.78, 5) is 14.1. The Bertz CT molecular complexity index is 619. The molecule has 2 aromatic rings. The quantitative estimate of drug-likeness (QED) is 0.882. The zero-order chi connectivity index (χ0) is 15.2. The van der Waals surface area contributed by atoms with Crippen LogP contribution in [0.3, 0.4) is 0 Å². The Morgan fingerprint density at radius 2 is 2.00 bits per heavy atom. The first-order valence-corrected chi connectivity index (χ1v) is 7.73. The maximum atomic E-state index is 5.15. The second-order valence-electron chi connectivity index (χ2n) is 4.73. The van der Waals surface area contributed by atoms with E-state index in [4.69, 9.17) is 4.74 Å². The van der Waals surface area contributed by atoms with Crippen LogP contribution in [0.5, 0.6) is 6.01 Å². The molecule has 0 unspecified atom stereocenters. The van der Waals surface area contributed by atoms with E-state index < -0.39 is 0 Å². The Morgan fingerprint density at radius 1 is 1.19 bits per heavy atom. The van der Waals surface area contributed by atoms with Gasteiger partial charge in [0.15, 0.2) is 0 Å². The van der Waals surface area contributed by atoms with E-state index in [1.807, 2.05) is 0 Å². The number of ether oxygens (including phenoxy) is 1. The van der Waals surface area contributed by atoms with Crippen LogP contribution in [-0.4, -0.2) is 28.6 Å². The summed E-state index contributed by atoms with van der Waals surface area (Å²) >= 11 is 1.52. The Labute approximate surface area is 129 Å². The molecule has 112 valence electrons. The number of rotatable bonds is 6. The summed E-state index contributed by atoms with van der Waals surface area (Å²) in [6.07, 6.45) is 1.01. The molecule has 1 aromatic carbocycles. The lowest BCUT2D eigenvalue weighted by Gasteiger charge is -2.08. The van der Waals surface area contributed by atoms with E-state index in [2.05, 4.69) is 59.2 Å². The Hall–Kier alpha value is -1.82. The monoisotopic (exact) mass is 304 g/mol. The van der Waals surface area contributed by atoms with E-state index in [9.17, 15) is 0 Å². The topological polar surface area (TPSA) is 59.9 Å². The summed E-state index contributed by atoms with van der Waals surface area (Å²) < 4.78 is 5.15. The van der Waals surface area contributed by atoms with Crippen LogP contribution in [0.15, 0.2) is 28.3 Å². The summed E-state index contributed by atoms with van der Waals surface area (Å²) in [7, 11) is 1.56. The first-order chi connectivity index (χ1) is 10.1. The van der Waals surface area contributed by atoms with Gasteiger partial charge in [-0.15, -0.1) is 0 Å². The van der Waals surface area contributed by atoms with Crippen LogP contribution in [0.25, 0.3) is 0 Å². The summed E-state index contributed by atoms with van der Waals surface area (Å²) in [5, 5.41) is 3.80. The molecule has 5 nitrogen and oxygen atoms in total. The lowest BCUT2D eigenvalue weighted by molar-refractivity contribution is 0.373. The molecule has 0 spiro atoms. The van der Waals surface area contributed by atoms with Crippen LogP contribution in [0.4, 0.5) is 5.95 Å². The molecular formula is C15H20N4OS. The number of aryl methyl sites for hydroxylation is 2. The maximum Gasteiger partial charge on any atom is 0.321 e. The fourth-order valence-electron chi connectivity index (χ4n) is 1.80. The molecule has 0 saturated carbocycles. The van der Waals surface area contributed by atoms with Gasteiger partial charge in [0.25, 0.3) is 0 Å². The SMILES string of the molecule is CCCNc1nc(OC)nc(Sc2ccc(C)cc2C)n1. The zero-order valence-electron chi connectivity index (χ0n) is 12.8. The zero-order valence-corrected chi connectivity index (χ0v) is 13.6. The van der Waals surface area contributed by atoms with Crippen molar-refractivity contribution in [1.29, 1.82) is 0 Å². The molecule has 0 fully saturated rings. The van der Waals surface area contributed by atoms with Gasteiger partial charge in [0.2, 0.25) is 11.1 Å². The number of benzene rings is 1. The van der Waals surface area contributed by atoms with E-state index in [-0.39, 0.29) is 0 Å². The van der Waals surface area contributed by atoms with Crippen LogP contribution in [0, 0.1) is 13.8 Å². The van der Waals surface area contributed by atoms with Gasteiger partial charge in [0, 0.05) is 11.4 Å². The average Bonchev–Trinajstić information content (AvgIpc) is 2.48. The largest absolute Gasteiger partial charge is 0.467 e. The lowest BCUT2D eigenvalue weighted by atomic mass is 10.2. The third-order valence-electron chi connectivity index (χ3n) is 2.84. The van der Waals surface area contributed by atoms with Crippen molar-refractivity contribution in [2.45, 2.75) is 37.2 Å². The molecule has 1 heterocycles. The molecule has 1 N–H and O–H groups in total. The maximum absolute atomic E-state index is 5.15. The Balaban J connectivity index is 2.25. The minimum atomic E-state index is 0.330. The van der Waals surface area contributed by atoms with Gasteiger partial charge in [-0.25, -0.2) is 0 Å². The number of hydrogen-bond acceptors (Lipinski definition) is 6. The smallest absolute Gasteiger partial charge is 0.321 e. The highest BCUT2D eigenvalue weighted by Gasteiger charge is 2.09. The molecule has 0 radical (unpaired) electrons. The number of aromatic nitrogens is 3. The second-order valence-corrected chi connectivity index (χ2v) is 5.74. The highest BCUT2D eigenvalue weighted by molar-refractivity contribution is 7.99. The fourth-order valence-corrected chi connectivity index (χ4v) is 2.61. The number of nitrogens with zero attached hydrogens (tertiary/aromatic N) is 3. The summed E-state index contributed by atoms with van der Waals surface area (Å²) in [5.41, 5.74) is 2.46. The van der Waals surface area contributed by atoms with Gasteiger partial charge in [0.1, 0.15) is 0 Å². The normalized spacial score (nSPS) is 10.5. The Morgan fingerprint density at radius 3 is 2.67 bits per heavy atom. The molecule has 0 aliphatic rings. The predicted molar refractivity (Wildman–Crippen MR) is 85.2 cm³/mol. The van der Waals surface area contributed by atoms with Crippen molar-refractivity contribution >= 4 is 17.7 Å². The van der Waals surface area contributed by atoms with Crippen molar-refractivity contribution in [2.75, 3.05) is 19.0 Å². The van der Waals surface area contributed by atoms with Gasteiger partial charge in [-0.1, -0.05) is 24.6 Å². The number of nitrogens with one attached hydrogen (secondary N) is 1. The average molecular weight is 304 g/mol. The molecule has 0 bridgehead atoms. The number of anilines is 1. The molecule has 0 aliphatic carbocycles. The molecule has 0 saturated heterocycles. The van der Waals surface area contributed by atoms with Gasteiger partial charge >= 0.3 is 6.01 Å². The van der Waals surface area contributed by atoms with Crippen LogP contribution < -0.4 is 10.1 Å². The van der Waals surface area contributed by atoms with Crippen LogP contribution in [-0.2, 0) is 0 Å². The van der Waals surface area contributed by atoms with Gasteiger partial charge in [-0.3, -0.25) is 0 Å². The van der Waals surface area contributed by atoms with Gasteiger partial charge in [-0.2, -0.15) is 15.0 Å². The Kier molecular flexibility index (Phi) is 5.38. The minimum Gasteiger partial charge on any atom is -0.467 e. The van der Waals surface area contributed by atoms with Gasteiger partial charge in [0.05, 0.1) is 7.11 Å². The first kappa shape index (κ1) is 15.6. The molecule has 21 heavy (non-hydrogen) atoms.